The van der Waals surface area contributed by atoms with Gasteiger partial charge in [-0.05, 0) is 35.4 Å². The molecule has 4 heteroatoms. The first-order valence-electron chi connectivity index (χ1n) is 10.00. The van der Waals surface area contributed by atoms with E-state index in [1.807, 2.05) is 71.4 Å². The average Bonchev–Trinajstić information content (AvgIpc) is 3.22. The largest absolute Gasteiger partial charge is 0.489 e. The number of fused-ring (bicyclic) bond motifs is 1. The van der Waals surface area contributed by atoms with Gasteiger partial charge in [-0.2, -0.15) is 5.10 Å². The lowest BCUT2D eigenvalue weighted by molar-refractivity contribution is 0.306. The highest BCUT2D eigenvalue weighted by Gasteiger charge is 2.08. The number of hydrogen-bond acceptors (Lipinski definition) is 3. The first-order valence-corrected chi connectivity index (χ1v) is 10.00. The van der Waals surface area contributed by atoms with Crippen molar-refractivity contribution in [2.24, 2.45) is 0 Å². The molecule has 0 aliphatic carbocycles. The molecule has 0 aliphatic heterocycles. The number of ether oxygens (including phenoxy) is 1. The van der Waals surface area contributed by atoms with Gasteiger partial charge in [-0.3, -0.25) is 0 Å². The smallest absolute Gasteiger partial charge is 0.153 e. The highest BCUT2D eigenvalue weighted by atomic mass is 16.5. The molecular formula is C26H21N3O. The molecule has 0 spiro atoms. The maximum Gasteiger partial charge on any atom is 0.153 e. The zero-order chi connectivity index (χ0) is 20.2. The molecule has 0 N–H and O–H groups in total. The lowest BCUT2D eigenvalue weighted by Crippen LogP contribution is -2.00. The molecule has 3 aromatic carbocycles. The van der Waals surface area contributed by atoms with Crippen molar-refractivity contribution >= 4 is 5.65 Å². The third-order valence-corrected chi connectivity index (χ3v) is 5.06. The van der Waals surface area contributed by atoms with Crippen LogP contribution in [0.25, 0.3) is 16.9 Å². The topological polar surface area (TPSA) is 39.4 Å². The van der Waals surface area contributed by atoms with Gasteiger partial charge >= 0.3 is 0 Å². The Balaban J connectivity index is 1.33. The van der Waals surface area contributed by atoms with Crippen LogP contribution in [0.5, 0.6) is 5.75 Å². The van der Waals surface area contributed by atoms with Crippen molar-refractivity contribution in [3.63, 3.8) is 0 Å². The van der Waals surface area contributed by atoms with Crippen LogP contribution in [0.2, 0.25) is 0 Å². The molecule has 0 bridgehead atoms. The van der Waals surface area contributed by atoms with Crippen molar-refractivity contribution in [3.05, 3.63) is 120 Å². The van der Waals surface area contributed by atoms with Crippen molar-refractivity contribution in [1.29, 1.82) is 0 Å². The Morgan fingerprint density at radius 1 is 0.700 bits per heavy atom. The number of benzene rings is 3. The Morgan fingerprint density at radius 2 is 1.43 bits per heavy atom. The Hall–Kier alpha value is -3.92. The lowest BCUT2D eigenvalue weighted by atomic mass is 10.1. The summed E-state index contributed by atoms with van der Waals surface area (Å²) in [5, 5.41) is 4.81. The molecule has 0 unspecified atom stereocenters. The van der Waals surface area contributed by atoms with E-state index in [1.54, 1.807) is 0 Å². The second-order valence-electron chi connectivity index (χ2n) is 7.20. The van der Waals surface area contributed by atoms with Gasteiger partial charge in [0.2, 0.25) is 0 Å². The molecule has 0 radical (unpaired) electrons. The molecule has 0 aliphatic rings. The van der Waals surface area contributed by atoms with Crippen LogP contribution in [0.15, 0.2) is 103 Å². The monoisotopic (exact) mass is 391 g/mol. The van der Waals surface area contributed by atoms with Crippen LogP contribution in [-0.4, -0.2) is 14.6 Å². The Kier molecular flexibility index (Phi) is 4.96. The Labute approximate surface area is 175 Å². The van der Waals surface area contributed by atoms with Crippen LogP contribution in [0.3, 0.4) is 0 Å². The molecule has 0 saturated heterocycles. The van der Waals surface area contributed by atoms with Gasteiger partial charge in [-0.15, -0.1) is 0 Å². The summed E-state index contributed by atoms with van der Waals surface area (Å²) >= 11 is 0. The van der Waals surface area contributed by atoms with Gasteiger partial charge in [0.1, 0.15) is 12.4 Å². The van der Waals surface area contributed by atoms with Crippen molar-refractivity contribution in [1.82, 2.24) is 14.6 Å². The van der Waals surface area contributed by atoms with E-state index in [1.165, 1.54) is 5.56 Å². The van der Waals surface area contributed by atoms with Crippen molar-refractivity contribution in [2.75, 3.05) is 0 Å². The van der Waals surface area contributed by atoms with E-state index in [0.29, 0.717) is 6.61 Å². The molecule has 30 heavy (non-hydrogen) atoms. The molecule has 2 aromatic heterocycles. The second kappa shape index (κ2) is 8.21. The lowest BCUT2D eigenvalue weighted by Gasteiger charge is -2.08. The molecule has 4 nitrogen and oxygen atoms in total. The summed E-state index contributed by atoms with van der Waals surface area (Å²) in [5.74, 6) is 0.866. The normalized spacial score (nSPS) is 10.9. The summed E-state index contributed by atoms with van der Waals surface area (Å²) in [5.41, 5.74) is 6.29. The number of rotatable bonds is 6. The van der Waals surface area contributed by atoms with Crippen LogP contribution in [0.4, 0.5) is 0 Å². The van der Waals surface area contributed by atoms with Crippen LogP contribution in [-0.2, 0) is 13.0 Å². The summed E-state index contributed by atoms with van der Waals surface area (Å²) < 4.78 is 7.82. The van der Waals surface area contributed by atoms with Crippen LogP contribution < -0.4 is 4.74 Å². The van der Waals surface area contributed by atoms with E-state index in [4.69, 9.17) is 9.84 Å². The van der Waals surface area contributed by atoms with E-state index in [2.05, 4.69) is 41.4 Å². The molecular weight excluding hydrogens is 370 g/mol. The van der Waals surface area contributed by atoms with Crippen LogP contribution >= 0.6 is 0 Å². The molecule has 0 amide bonds. The Bertz CT molecular complexity index is 1250. The molecule has 5 aromatic rings. The minimum atomic E-state index is 0.569. The third kappa shape index (κ3) is 3.94. The van der Waals surface area contributed by atoms with Crippen molar-refractivity contribution in [2.45, 2.75) is 13.0 Å². The van der Waals surface area contributed by atoms with E-state index in [9.17, 15) is 0 Å². The second-order valence-corrected chi connectivity index (χ2v) is 7.20. The highest BCUT2D eigenvalue weighted by Crippen LogP contribution is 2.20. The summed E-state index contributed by atoms with van der Waals surface area (Å²) in [6.07, 6.45) is 2.66. The Morgan fingerprint density at radius 3 is 2.20 bits per heavy atom. The standard InChI is InChI=1S/C26H21N3O/c1-3-7-21(8-4-1)19-30-24-13-11-20(12-14-24)17-23-18-27-26-16-15-25(28-29(23)26)22-9-5-2-6-10-22/h1-16,18H,17,19H2. The predicted octanol–water partition coefficient (Wildman–Crippen LogP) is 5.57. The average molecular weight is 391 g/mol. The maximum atomic E-state index is 5.89. The summed E-state index contributed by atoms with van der Waals surface area (Å²) in [6.45, 7) is 0.569. The van der Waals surface area contributed by atoms with Gasteiger partial charge in [0, 0.05) is 12.0 Å². The maximum absolute atomic E-state index is 5.89. The van der Waals surface area contributed by atoms with E-state index >= 15 is 0 Å². The number of nitrogens with zero attached hydrogens (tertiary/aromatic N) is 3. The van der Waals surface area contributed by atoms with Gasteiger partial charge in [0.25, 0.3) is 0 Å². The fraction of sp³-hybridized carbons (Fsp3) is 0.0769. The van der Waals surface area contributed by atoms with Crippen molar-refractivity contribution in [3.8, 4) is 17.0 Å². The van der Waals surface area contributed by atoms with Crippen LogP contribution in [0, 0.1) is 0 Å². The van der Waals surface area contributed by atoms with Gasteiger partial charge in [0.15, 0.2) is 5.65 Å². The first-order chi connectivity index (χ1) is 14.8. The number of aromatic nitrogens is 3. The number of imidazole rings is 1. The number of hydrogen-bond donors (Lipinski definition) is 0. The minimum Gasteiger partial charge on any atom is -0.489 e. The summed E-state index contributed by atoms with van der Waals surface area (Å²) in [6, 6.07) is 32.6. The first kappa shape index (κ1) is 18.1. The van der Waals surface area contributed by atoms with E-state index in [0.717, 1.165) is 40.3 Å². The van der Waals surface area contributed by atoms with Gasteiger partial charge in [-0.25, -0.2) is 9.50 Å². The zero-order valence-corrected chi connectivity index (χ0v) is 16.5. The quantitative estimate of drug-likeness (QED) is 0.380. The van der Waals surface area contributed by atoms with E-state index < -0.39 is 0 Å². The molecule has 0 fully saturated rings. The van der Waals surface area contributed by atoms with Gasteiger partial charge in [-0.1, -0.05) is 72.8 Å². The zero-order valence-electron chi connectivity index (χ0n) is 16.5. The van der Waals surface area contributed by atoms with Crippen molar-refractivity contribution < 1.29 is 4.74 Å². The third-order valence-electron chi connectivity index (χ3n) is 5.06. The molecule has 146 valence electrons. The SMILES string of the molecule is c1ccc(COc2ccc(Cc3cnc4ccc(-c5ccccc5)nn34)cc2)cc1. The molecule has 2 heterocycles. The minimum absolute atomic E-state index is 0.569. The van der Waals surface area contributed by atoms with E-state index in [-0.39, 0.29) is 0 Å². The molecule has 0 atom stereocenters. The van der Waals surface area contributed by atoms with Gasteiger partial charge in [0.05, 0.1) is 17.6 Å². The van der Waals surface area contributed by atoms with Crippen LogP contribution in [0.1, 0.15) is 16.8 Å². The fourth-order valence-corrected chi connectivity index (χ4v) is 3.46. The fourth-order valence-electron chi connectivity index (χ4n) is 3.46. The van der Waals surface area contributed by atoms with Gasteiger partial charge < -0.3 is 4.74 Å². The summed E-state index contributed by atoms with van der Waals surface area (Å²) in [4.78, 5) is 4.51. The summed E-state index contributed by atoms with van der Waals surface area (Å²) in [7, 11) is 0. The molecule has 0 saturated carbocycles. The molecule has 5 rings (SSSR count). The highest BCUT2D eigenvalue weighted by molar-refractivity contribution is 5.60. The predicted molar refractivity (Wildman–Crippen MR) is 118 cm³/mol.